The summed E-state index contributed by atoms with van der Waals surface area (Å²) < 4.78 is 0. The highest BCUT2D eigenvalue weighted by molar-refractivity contribution is 6.30. The van der Waals surface area contributed by atoms with E-state index in [0.29, 0.717) is 0 Å². The molecule has 0 saturated heterocycles. The molecule has 0 heterocycles. The molecule has 13 heavy (non-hydrogen) atoms. The van der Waals surface area contributed by atoms with Crippen LogP contribution >= 0.6 is 11.6 Å². The van der Waals surface area contributed by atoms with Crippen molar-refractivity contribution in [2.24, 2.45) is 10.3 Å². The van der Waals surface area contributed by atoms with E-state index in [1.165, 1.54) is 0 Å². The molecule has 1 aromatic rings. The predicted molar refractivity (Wildman–Crippen MR) is 55.1 cm³/mol. The fourth-order valence-corrected chi connectivity index (χ4v) is 0.894. The predicted octanol–water partition coefficient (Wildman–Crippen LogP) is 3.53. The molecule has 0 bridgehead atoms. The Kier molecular flexibility index (Phi) is 4.26. The Morgan fingerprint density at radius 3 is 2.62 bits per heavy atom. The van der Waals surface area contributed by atoms with Crippen molar-refractivity contribution in [2.75, 3.05) is 12.0 Å². The number of nitrogens with zero attached hydrogens (tertiary/aromatic N) is 2. The highest BCUT2D eigenvalue weighted by Gasteiger charge is 1.88. The lowest BCUT2D eigenvalue weighted by atomic mass is 10.3. The average Bonchev–Trinajstić information content (AvgIpc) is 2.15. The van der Waals surface area contributed by atoms with Crippen LogP contribution in [0.15, 0.2) is 34.6 Å². The molecule has 0 radical (unpaired) electrons. The molecular weight excluding hydrogens is 186 g/mol. The summed E-state index contributed by atoms with van der Waals surface area (Å²) in [6.07, 6.45) is 1.01. The fraction of sp³-hybridized carbons (Fsp3) is 0.333. The molecule has 0 atom stereocenters. The third-order valence-electron chi connectivity index (χ3n) is 1.42. The van der Waals surface area contributed by atoms with Gasteiger partial charge in [-0.2, -0.15) is 5.11 Å². The number of hydrogen-bond acceptors (Lipinski definition) is 2. The van der Waals surface area contributed by atoms with Crippen LogP contribution in [0.2, 0.25) is 5.02 Å². The van der Waals surface area contributed by atoms with Crippen molar-refractivity contribution in [3.05, 3.63) is 29.3 Å². The first-order valence-corrected chi connectivity index (χ1v) is 4.59. The molecule has 0 fully saturated rings. The Morgan fingerprint density at radius 2 is 2.00 bits per heavy atom. The molecule has 0 aliphatic rings. The van der Waals surface area contributed by atoms with Crippen LogP contribution in [0.25, 0.3) is 0 Å². The van der Waals surface area contributed by atoms with Crippen LogP contribution in [-0.4, -0.2) is 6.54 Å². The van der Waals surface area contributed by atoms with E-state index in [2.05, 4.69) is 22.7 Å². The SMILES string of the molecule is CCCN=NNc1ccc(Cl)cc1. The third-order valence-corrected chi connectivity index (χ3v) is 1.67. The van der Waals surface area contributed by atoms with Crippen molar-refractivity contribution >= 4 is 17.3 Å². The van der Waals surface area contributed by atoms with Gasteiger partial charge >= 0.3 is 0 Å². The van der Waals surface area contributed by atoms with Gasteiger partial charge in [0.25, 0.3) is 0 Å². The second kappa shape index (κ2) is 5.54. The van der Waals surface area contributed by atoms with Gasteiger partial charge in [-0.3, -0.25) is 5.43 Å². The molecular formula is C9H12ClN3. The van der Waals surface area contributed by atoms with Gasteiger partial charge < -0.3 is 0 Å². The Labute approximate surface area is 82.8 Å². The molecule has 0 aliphatic heterocycles. The zero-order chi connectivity index (χ0) is 9.52. The Hall–Kier alpha value is -1.09. The Morgan fingerprint density at radius 1 is 1.31 bits per heavy atom. The minimum Gasteiger partial charge on any atom is -0.260 e. The first-order valence-electron chi connectivity index (χ1n) is 4.21. The second-order valence-electron chi connectivity index (χ2n) is 2.58. The minimum atomic E-state index is 0.719. The summed E-state index contributed by atoms with van der Waals surface area (Å²) >= 11 is 5.71. The molecule has 3 nitrogen and oxygen atoms in total. The number of benzene rings is 1. The maximum Gasteiger partial charge on any atom is 0.0617 e. The van der Waals surface area contributed by atoms with Gasteiger partial charge in [-0.25, -0.2) is 0 Å². The van der Waals surface area contributed by atoms with Crippen molar-refractivity contribution < 1.29 is 0 Å². The van der Waals surface area contributed by atoms with Crippen molar-refractivity contribution in [3.63, 3.8) is 0 Å². The monoisotopic (exact) mass is 197 g/mol. The summed E-state index contributed by atoms with van der Waals surface area (Å²) in [4.78, 5) is 0. The van der Waals surface area contributed by atoms with E-state index in [1.54, 1.807) is 12.1 Å². The van der Waals surface area contributed by atoms with Gasteiger partial charge in [-0.15, -0.1) is 0 Å². The van der Waals surface area contributed by atoms with E-state index in [-0.39, 0.29) is 0 Å². The summed E-state index contributed by atoms with van der Waals surface area (Å²) in [5.41, 5.74) is 3.70. The molecule has 0 unspecified atom stereocenters. The van der Waals surface area contributed by atoms with Crippen molar-refractivity contribution in [3.8, 4) is 0 Å². The number of hydrogen-bond donors (Lipinski definition) is 1. The van der Waals surface area contributed by atoms with Crippen molar-refractivity contribution in [1.29, 1.82) is 0 Å². The van der Waals surface area contributed by atoms with Gasteiger partial charge in [-0.05, 0) is 30.7 Å². The zero-order valence-electron chi connectivity index (χ0n) is 7.50. The van der Waals surface area contributed by atoms with Crippen LogP contribution in [-0.2, 0) is 0 Å². The van der Waals surface area contributed by atoms with E-state index >= 15 is 0 Å². The van der Waals surface area contributed by atoms with E-state index in [1.807, 2.05) is 12.1 Å². The smallest absolute Gasteiger partial charge is 0.0617 e. The summed E-state index contributed by atoms with van der Waals surface area (Å²) in [7, 11) is 0. The van der Waals surface area contributed by atoms with E-state index in [4.69, 9.17) is 11.6 Å². The molecule has 1 rings (SSSR count). The normalized spacial score (nSPS) is 10.6. The lowest BCUT2D eigenvalue weighted by Crippen LogP contribution is -1.86. The second-order valence-corrected chi connectivity index (χ2v) is 3.02. The molecule has 0 spiro atoms. The molecule has 4 heteroatoms. The van der Waals surface area contributed by atoms with Gasteiger partial charge in [0.2, 0.25) is 0 Å². The number of nitrogens with one attached hydrogen (secondary N) is 1. The number of halogens is 1. The minimum absolute atomic E-state index is 0.719. The van der Waals surface area contributed by atoms with Crippen molar-refractivity contribution in [1.82, 2.24) is 0 Å². The molecule has 1 N–H and O–H groups in total. The van der Waals surface area contributed by atoms with Gasteiger partial charge in [0.05, 0.1) is 12.2 Å². The molecule has 0 aromatic heterocycles. The Bertz CT molecular complexity index is 269. The quantitative estimate of drug-likeness (QED) is 0.582. The Balaban J connectivity index is 2.41. The van der Waals surface area contributed by atoms with Crippen LogP contribution in [0.1, 0.15) is 13.3 Å². The highest BCUT2D eigenvalue weighted by Crippen LogP contribution is 2.13. The third kappa shape index (κ3) is 3.90. The standard InChI is InChI=1S/C9H12ClN3/c1-2-7-11-13-12-9-5-3-8(10)4-6-9/h3-6H,2,7H2,1H3,(H,11,12). The number of rotatable bonds is 4. The molecule has 70 valence electrons. The summed E-state index contributed by atoms with van der Waals surface area (Å²) in [5.74, 6) is 0. The maximum atomic E-state index is 5.71. The van der Waals surface area contributed by atoms with E-state index < -0.39 is 0 Å². The van der Waals surface area contributed by atoms with Crippen LogP contribution in [0.3, 0.4) is 0 Å². The number of anilines is 1. The topological polar surface area (TPSA) is 36.8 Å². The lowest BCUT2D eigenvalue weighted by molar-refractivity contribution is 0.858. The summed E-state index contributed by atoms with van der Waals surface area (Å²) in [6, 6.07) is 7.32. The average molecular weight is 198 g/mol. The van der Waals surface area contributed by atoms with E-state index in [9.17, 15) is 0 Å². The first-order chi connectivity index (χ1) is 6.33. The highest BCUT2D eigenvalue weighted by atomic mass is 35.5. The summed E-state index contributed by atoms with van der Waals surface area (Å²) in [6.45, 7) is 2.81. The fourth-order valence-electron chi connectivity index (χ4n) is 0.768. The largest absolute Gasteiger partial charge is 0.260 e. The van der Waals surface area contributed by atoms with Gasteiger partial charge in [0.15, 0.2) is 0 Å². The molecule has 0 amide bonds. The van der Waals surface area contributed by atoms with Crippen LogP contribution in [0.4, 0.5) is 5.69 Å². The zero-order valence-corrected chi connectivity index (χ0v) is 8.25. The molecule has 0 saturated carbocycles. The molecule has 1 aromatic carbocycles. The van der Waals surface area contributed by atoms with Gasteiger partial charge in [0, 0.05) is 5.02 Å². The van der Waals surface area contributed by atoms with Gasteiger partial charge in [-0.1, -0.05) is 23.7 Å². The molecule has 0 aliphatic carbocycles. The van der Waals surface area contributed by atoms with Crippen LogP contribution in [0.5, 0.6) is 0 Å². The van der Waals surface area contributed by atoms with E-state index in [0.717, 1.165) is 23.7 Å². The lowest BCUT2D eigenvalue weighted by Gasteiger charge is -1.97. The first kappa shape index (κ1) is 9.99. The maximum absolute atomic E-state index is 5.71. The van der Waals surface area contributed by atoms with Crippen LogP contribution in [0, 0.1) is 0 Å². The van der Waals surface area contributed by atoms with Crippen molar-refractivity contribution in [2.45, 2.75) is 13.3 Å². The van der Waals surface area contributed by atoms with Crippen LogP contribution < -0.4 is 5.43 Å². The summed E-state index contributed by atoms with van der Waals surface area (Å²) in [5, 5.41) is 8.40. The van der Waals surface area contributed by atoms with Gasteiger partial charge in [0.1, 0.15) is 0 Å².